The van der Waals surface area contributed by atoms with Gasteiger partial charge in [0.05, 0.1) is 25.0 Å². The van der Waals surface area contributed by atoms with Crippen molar-refractivity contribution < 1.29 is 14.3 Å². The van der Waals surface area contributed by atoms with E-state index >= 15 is 0 Å². The summed E-state index contributed by atoms with van der Waals surface area (Å²) in [4.78, 5) is 11.6. The fourth-order valence-electron chi connectivity index (χ4n) is 1.55. The highest BCUT2D eigenvalue weighted by molar-refractivity contribution is 5.89. The van der Waals surface area contributed by atoms with Crippen LogP contribution in [0.2, 0.25) is 0 Å². The molecule has 0 heterocycles. The zero-order valence-corrected chi connectivity index (χ0v) is 10.6. The van der Waals surface area contributed by atoms with Gasteiger partial charge in [-0.25, -0.2) is 4.79 Å². The molecule has 0 spiro atoms. The van der Waals surface area contributed by atoms with Gasteiger partial charge in [0.1, 0.15) is 0 Å². The maximum atomic E-state index is 11.6. The molecule has 0 unspecified atom stereocenters. The van der Waals surface area contributed by atoms with Gasteiger partial charge in [-0.2, -0.15) is 0 Å². The Kier molecular flexibility index (Phi) is 7.37. The number of benzene rings is 1. The smallest absolute Gasteiger partial charge is 0.338 e. The fraction of sp³-hybridized carbons (Fsp3) is 0.400. The molecular formula is C15H20O3. The van der Waals surface area contributed by atoms with E-state index in [2.05, 4.69) is 6.58 Å². The van der Waals surface area contributed by atoms with E-state index in [9.17, 15) is 4.79 Å². The van der Waals surface area contributed by atoms with Crippen molar-refractivity contribution in [3.63, 3.8) is 0 Å². The predicted octanol–water partition coefficient (Wildman–Crippen LogP) is 3.56. The van der Waals surface area contributed by atoms with Crippen molar-refractivity contribution in [2.45, 2.75) is 25.7 Å². The van der Waals surface area contributed by atoms with Crippen LogP contribution in [0.1, 0.15) is 36.0 Å². The summed E-state index contributed by atoms with van der Waals surface area (Å²) in [5, 5.41) is 0. The molecule has 0 radical (unpaired) electrons. The number of unbranched alkanes of at least 4 members (excludes halogenated alkanes) is 3. The molecule has 0 aliphatic carbocycles. The molecule has 1 rings (SSSR count). The Balaban J connectivity index is 2.01. The third-order valence-corrected chi connectivity index (χ3v) is 2.52. The second-order valence-electron chi connectivity index (χ2n) is 3.95. The van der Waals surface area contributed by atoms with Gasteiger partial charge >= 0.3 is 5.97 Å². The highest BCUT2D eigenvalue weighted by Crippen LogP contribution is 2.04. The zero-order valence-electron chi connectivity index (χ0n) is 10.6. The summed E-state index contributed by atoms with van der Waals surface area (Å²) in [6.45, 7) is 4.67. The molecule has 1 aromatic rings. The van der Waals surface area contributed by atoms with Crippen molar-refractivity contribution in [2.75, 3.05) is 13.2 Å². The molecule has 0 saturated heterocycles. The largest absolute Gasteiger partial charge is 0.502 e. The SMILES string of the molecule is C=COCCCCCCOC(=O)c1ccccc1. The Hall–Kier alpha value is -1.77. The van der Waals surface area contributed by atoms with Gasteiger partial charge < -0.3 is 9.47 Å². The summed E-state index contributed by atoms with van der Waals surface area (Å²) in [5.74, 6) is -0.245. The summed E-state index contributed by atoms with van der Waals surface area (Å²) in [5.41, 5.74) is 0.608. The molecule has 0 bridgehead atoms. The standard InChI is InChI=1S/C15H20O3/c1-2-17-12-8-3-4-9-13-18-15(16)14-10-6-5-7-11-14/h2,5-7,10-11H,1,3-4,8-9,12-13H2. The van der Waals surface area contributed by atoms with Crippen molar-refractivity contribution in [3.8, 4) is 0 Å². The van der Waals surface area contributed by atoms with Crippen LogP contribution in [-0.2, 0) is 9.47 Å². The van der Waals surface area contributed by atoms with Gasteiger partial charge in [0.25, 0.3) is 0 Å². The van der Waals surface area contributed by atoms with Crippen LogP contribution in [0.15, 0.2) is 43.2 Å². The van der Waals surface area contributed by atoms with Crippen molar-refractivity contribution in [1.82, 2.24) is 0 Å². The average molecular weight is 248 g/mol. The minimum absolute atomic E-state index is 0.245. The molecule has 0 saturated carbocycles. The van der Waals surface area contributed by atoms with E-state index in [0.717, 1.165) is 25.7 Å². The zero-order chi connectivity index (χ0) is 13.1. The number of hydrogen-bond acceptors (Lipinski definition) is 3. The first-order valence-corrected chi connectivity index (χ1v) is 6.29. The first-order chi connectivity index (χ1) is 8.84. The first kappa shape index (κ1) is 14.3. The normalized spacial score (nSPS) is 9.78. The monoisotopic (exact) mass is 248 g/mol. The predicted molar refractivity (Wildman–Crippen MR) is 71.3 cm³/mol. The van der Waals surface area contributed by atoms with E-state index in [0.29, 0.717) is 18.8 Å². The van der Waals surface area contributed by atoms with Gasteiger partial charge in [-0.3, -0.25) is 0 Å². The summed E-state index contributed by atoms with van der Waals surface area (Å²) in [6.07, 6.45) is 5.49. The molecule has 0 aliphatic heterocycles. The summed E-state index contributed by atoms with van der Waals surface area (Å²) < 4.78 is 10.2. The Morgan fingerprint density at radius 3 is 2.39 bits per heavy atom. The minimum Gasteiger partial charge on any atom is -0.502 e. The molecule has 0 atom stereocenters. The molecule has 0 N–H and O–H groups in total. The highest BCUT2D eigenvalue weighted by Gasteiger charge is 2.04. The average Bonchev–Trinajstić information content (AvgIpc) is 2.42. The molecule has 0 amide bonds. The first-order valence-electron chi connectivity index (χ1n) is 6.29. The highest BCUT2D eigenvalue weighted by atomic mass is 16.5. The van der Waals surface area contributed by atoms with Crippen LogP contribution in [0.3, 0.4) is 0 Å². The lowest BCUT2D eigenvalue weighted by molar-refractivity contribution is 0.0497. The number of carbonyl (C=O) groups excluding carboxylic acids is 1. The van der Waals surface area contributed by atoms with Gasteiger partial charge in [0.15, 0.2) is 0 Å². The number of rotatable bonds is 9. The van der Waals surface area contributed by atoms with Gasteiger partial charge in [-0.05, 0) is 37.8 Å². The van der Waals surface area contributed by atoms with Crippen molar-refractivity contribution in [2.24, 2.45) is 0 Å². The molecular weight excluding hydrogens is 228 g/mol. The van der Waals surface area contributed by atoms with Crippen molar-refractivity contribution in [1.29, 1.82) is 0 Å². The Labute approximate surface area is 108 Å². The van der Waals surface area contributed by atoms with Crippen LogP contribution < -0.4 is 0 Å². The maximum Gasteiger partial charge on any atom is 0.338 e. The number of hydrogen-bond donors (Lipinski definition) is 0. The Bertz CT molecular complexity index is 346. The molecule has 0 aliphatic rings. The lowest BCUT2D eigenvalue weighted by Crippen LogP contribution is -2.06. The van der Waals surface area contributed by atoms with Crippen LogP contribution in [0, 0.1) is 0 Å². The lowest BCUT2D eigenvalue weighted by atomic mass is 10.2. The van der Waals surface area contributed by atoms with Crippen LogP contribution >= 0.6 is 0 Å². The third-order valence-electron chi connectivity index (χ3n) is 2.52. The van der Waals surface area contributed by atoms with Crippen molar-refractivity contribution in [3.05, 3.63) is 48.7 Å². The van der Waals surface area contributed by atoms with Gasteiger partial charge in [0, 0.05) is 0 Å². The summed E-state index contributed by atoms with van der Waals surface area (Å²) in [7, 11) is 0. The summed E-state index contributed by atoms with van der Waals surface area (Å²) >= 11 is 0. The van der Waals surface area contributed by atoms with Crippen LogP contribution in [0.4, 0.5) is 0 Å². The molecule has 0 fully saturated rings. The van der Waals surface area contributed by atoms with Crippen molar-refractivity contribution >= 4 is 5.97 Å². The van der Waals surface area contributed by atoms with E-state index in [1.54, 1.807) is 12.1 Å². The number of carbonyl (C=O) groups is 1. The van der Waals surface area contributed by atoms with E-state index in [-0.39, 0.29) is 5.97 Å². The molecule has 98 valence electrons. The summed E-state index contributed by atoms with van der Waals surface area (Å²) in [6, 6.07) is 9.05. The van der Waals surface area contributed by atoms with Gasteiger partial charge in [0.2, 0.25) is 0 Å². The maximum absolute atomic E-state index is 11.6. The molecule has 1 aromatic carbocycles. The molecule has 3 nitrogen and oxygen atoms in total. The Morgan fingerprint density at radius 1 is 1.06 bits per heavy atom. The minimum atomic E-state index is -0.245. The third kappa shape index (κ3) is 6.09. The van der Waals surface area contributed by atoms with Gasteiger partial charge in [-0.15, -0.1) is 0 Å². The molecule has 0 aromatic heterocycles. The second-order valence-corrected chi connectivity index (χ2v) is 3.95. The quantitative estimate of drug-likeness (QED) is 0.381. The van der Waals surface area contributed by atoms with Gasteiger partial charge in [-0.1, -0.05) is 24.8 Å². The number of esters is 1. The lowest BCUT2D eigenvalue weighted by Gasteiger charge is -2.04. The van der Waals surface area contributed by atoms with Crippen LogP contribution in [0.5, 0.6) is 0 Å². The van der Waals surface area contributed by atoms with E-state index in [1.807, 2.05) is 18.2 Å². The molecule has 18 heavy (non-hydrogen) atoms. The van der Waals surface area contributed by atoms with E-state index < -0.39 is 0 Å². The van der Waals surface area contributed by atoms with Crippen LogP contribution in [-0.4, -0.2) is 19.2 Å². The molecule has 3 heteroatoms. The van der Waals surface area contributed by atoms with E-state index in [4.69, 9.17) is 9.47 Å². The topological polar surface area (TPSA) is 35.5 Å². The van der Waals surface area contributed by atoms with E-state index in [1.165, 1.54) is 6.26 Å². The number of ether oxygens (including phenoxy) is 2. The fourth-order valence-corrected chi connectivity index (χ4v) is 1.55. The second kappa shape index (κ2) is 9.28. The Morgan fingerprint density at radius 2 is 1.72 bits per heavy atom. The van der Waals surface area contributed by atoms with Crippen LogP contribution in [0.25, 0.3) is 0 Å².